The first-order valence-electron chi connectivity index (χ1n) is 10.0. The van der Waals surface area contributed by atoms with Crippen LogP contribution >= 0.6 is 23.1 Å². The highest BCUT2D eigenvalue weighted by molar-refractivity contribution is 7.99. The summed E-state index contributed by atoms with van der Waals surface area (Å²) < 4.78 is 6.95. The Morgan fingerprint density at radius 3 is 3.10 bits per heavy atom. The minimum atomic E-state index is -0.0461. The largest absolute Gasteiger partial charge is 0.467 e. The van der Waals surface area contributed by atoms with Gasteiger partial charge in [0.15, 0.2) is 5.16 Å². The van der Waals surface area contributed by atoms with Gasteiger partial charge in [0.2, 0.25) is 5.91 Å². The molecule has 0 fully saturated rings. The van der Waals surface area contributed by atoms with Gasteiger partial charge in [-0.2, -0.15) is 0 Å². The first-order chi connectivity index (χ1) is 14.5. The minimum absolute atomic E-state index is 0.0224. The monoisotopic (exact) mass is 443 g/mol. The van der Waals surface area contributed by atoms with Crippen molar-refractivity contribution in [2.75, 3.05) is 12.8 Å². The van der Waals surface area contributed by atoms with Gasteiger partial charge < -0.3 is 9.32 Å². The molecule has 0 aliphatic heterocycles. The lowest BCUT2D eigenvalue weighted by atomic mass is 9.89. The number of aromatic nitrogens is 2. The maximum atomic E-state index is 13.3. The van der Waals surface area contributed by atoms with Gasteiger partial charge in [-0.15, -0.1) is 17.9 Å². The summed E-state index contributed by atoms with van der Waals surface area (Å²) in [6, 6.07) is 3.64. The van der Waals surface area contributed by atoms with E-state index in [1.54, 1.807) is 46.3 Å². The van der Waals surface area contributed by atoms with Crippen LogP contribution in [0.3, 0.4) is 0 Å². The third-order valence-electron chi connectivity index (χ3n) is 5.42. The summed E-state index contributed by atoms with van der Waals surface area (Å²) in [5.74, 6) is 1.53. The number of furan rings is 1. The number of rotatable bonds is 7. The Labute approximate surface area is 183 Å². The van der Waals surface area contributed by atoms with Crippen LogP contribution in [0.15, 0.2) is 45.4 Å². The molecule has 6 nitrogen and oxygen atoms in total. The Morgan fingerprint density at radius 2 is 2.37 bits per heavy atom. The summed E-state index contributed by atoms with van der Waals surface area (Å²) in [7, 11) is 1.74. The second kappa shape index (κ2) is 8.81. The number of fused-ring (bicyclic) bond motifs is 3. The minimum Gasteiger partial charge on any atom is -0.467 e. The molecule has 0 radical (unpaired) electrons. The molecular formula is C22H25N3O3S2. The van der Waals surface area contributed by atoms with Gasteiger partial charge in [0, 0.05) is 18.5 Å². The summed E-state index contributed by atoms with van der Waals surface area (Å²) in [4.78, 5) is 34.4. The van der Waals surface area contributed by atoms with Crippen molar-refractivity contribution in [1.82, 2.24) is 14.5 Å². The smallest absolute Gasteiger partial charge is 0.263 e. The van der Waals surface area contributed by atoms with Crippen LogP contribution in [-0.2, 0) is 30.7 Å². The number of aryl methyl sites for hydroxylation is 1. The zero-order valence-electron chi connectivity index (χ0n) is 17.2. The molecule has 30 heavy (non-hydrogen) atoms. The summed E-state index contributed by atoms with van der Waals surface area (Å²) in [5, 5.41) is 1.33. The average Bonchev–Trinajstić information content (AvgIpc) is 3.35. The number of thiophene rings is 1. The van der Waals surface area contributed by atoms with Crippen molar-refractivity contribution in [3.05, 3.63) is 57.6 Å². The lowest BCUT2D eigenvalue weighted by Gasteiger charge is -2.18. The van der Waals surface area contributed by atoms with Crippen LogP contribution in [0.5, 0.6) is 0 Å². The van der Waals surface area contributed by atoms with Gasteiger partial charge in [-0.1, -0.05) is 24.8 Å². The Kier molecular flexibility index (Phi) is 6.15. The van der Waals surface area contributed by atoms with E-state index in [2.05, 4.69) is 13.5 Å². The third-order valence-corrected chi connectivity index (χ3v) is 7.52. The predicted molar refractivity (Wildman–Crippen MR) is 121 cm³/mol. The van der Waals surface area contributed by atoms with Crippen LogP contribution in [0.2, 0.25) is 0 Å². The van der Waals surface area contributed by atoms with E-state index in [1.807, 2.05) is 6.07 Å². The van der Waals surface area contributed by atoms with Crippen LogP contribution in [-0.4, -0.2) is 33.2 Å². The maximum absolute atomic E-state index is 13.3. The topological polar surface area (TPSA) is 68.3 Å². The molecule has 0 N–H and O–H groups in total. The highest BCUT2D eigenvalue weighted by atomic mass is 32.2. The molecule has 4 rings (SSSR count). The lowest BCUT2D eigenvalue weighted by Crippen LogP contribution is -2.28. The van der Waals surface area contributed by atoms with Gasteiger partial charge >= 0.3 is 0 Å². The fourth-order valence-corrected chi connectivity index (χ4v) is 6.14. The van der Waals surface area contributed by atoms with E-state index in [9.17, 15) is 9.59 Å². The van der Waals surface area contributed by atoms with Crippen molar-refractivity contribution in [3.8, 4) is 0 Å². The first kappa shape index (κ1) is 20.9. The van der Waals surface area contributed by atoms with Gasteiger partial charge in [-0.25, -0.2) is 4.98 Å². The van der Waals surface area contributed by atoms with E-state index >= 15 is 0 Å². The summed E-state index contributed by atoms with van der Waals surface area (Å²) in [6.45, 7) is 6.83. The predicted octanol–water partition coefficient (Wildman–Crippen LogP) is 4.11. The third kappa shape index (κ3) is 4.11. The van der Waals surface area contributed by atoms with Gasteiger partial charge in [0.05, 0.1) is 23.9 Å². The number of hydrogen-bond donors (Lipinski definition) is 0. The molecule has 1 amide bonds. The number of carbonyl (C=O) groups excluding carboxylic acids is 1. The van der Waals surface area contributed by atoms with E-state index in [-0.39, 0.29) is 17.2 Å². The molecule has 3 heterocycles. The summed E-state index contributed by atoms with van der Waals surface area (Å²) >= 11 is 2.93. The molecule has 0 aromatic carbocycles. The van der Waals surface area contributed by atoms with Crippen molar-refractivity contribution in [2.24, 2.45) is 5.92 Å². The Balaban J connectivity index is 1.60. The Morgan fingerprint density at radius 1 is 1.53 bits per heavy atom. The molecule has 1 aliphatic carbocycles. The number of carbonyl (C=O) groups is 1. The zero-order valence-corrected chi connectivity index (χ0v) is 18.9. The number of thioether (sulfide) groups is 1. The molecule has 8 heteroatoms. The molecule has 3 aromatic heterocycles. The van der Waals surface area contributed by atoms with E-state index in [4.69, 9.17) is 9.40 Å². The van der Waals surface area contributed by atoms with Crippen molar-refractivity contribution < 1.29 is 9.21 Å². The molecule has 158 valence electrons. The fourth-order valence-electron chi connectivity index (χ4n) is 3.77. The molecule has 0 bridgehead atoms. The van der Waals surface area contributed by atoms with Crippen molar-refractivity contribution in [2.45, 2.75) is 44.4 Å². The normalized spacial score (nSPS) is 15.9. The second-order valence-corrected chi connectivity index (χ2v) is 9.77. The summed E-state index contributed by atoms with van der Waals surface area (Å²) in [5.41, 5.74) is 1.15. The SMILES string of the molecule is C=CCn1c(SCC(=O)N(C)Cc2ccco2)nc2sc3c(c2c1=O)CCC(C)C3. The lowest BCUT2D eigenvalue weighted by molar-refractivity contribution is -0.127. The number of amides is 1. The Hall–Kier alpha value is -2.32. The summed E-state index contributed by atoms with van der Waals surface area (Å²) in [6.07, 6.45) is 6.34. The first-order valence-corrected chi connectivity index (χ1v) is 11.8. The van der Waals surface area contributed by atoms with Crippen molar-refractivity contribution in [3.63, 3.8) is 0 Å². The molecule has 0 saturated carbocycles. The van der Waals surface area contributed by atoms with E-state index in [1.165, 1.54) is 22.2 Å². The van der Waals surface area contributed by atoms with Gasteiger partial charge in [0.1, 0.15) is 10.6 Å². The van der Waals surface area contributed by atoms with Crippen LogP contribution in [0.4, 0.5) is 0 Å². The molecule has 0 saturated heterocycles. The molecule has 0 spiro atoms. The number of hydrogen-bond acceptors (Lipinski definition) is 6. The number of allylic oxidation sites excluding steroid dienone is 1. The molecule has 1 aliphatic rings. The van der Waals surface area contributed by atoms with Gasteiger partial charge in [-0.3, -0.25) is 14.2 Å². The van der Waals surface area contributed by atoms with Crippen LogP contribution in [0.1, 0.15) is 29.5 Å². The average molecular weight is 444 g/mol. The highest BCUT2D eigenvalue weighted by Gasteiger charge is 2.25. The van der Waals surface area contributed by atoms with Crippen LogP contribution < -0.4 is 5.56 Å². The highest BCUT2D eigenvalue weighted by Crippen LogP contribution is 2.36. The van der Waals surface area contributed by atoms with Crippen molar-refractivity contribution in [1.29, 1.82) is 0 Å². The quantitative estimate of drug-likeness (QED) is 0.312. The van der Waals surface area contributed by atoms with Crippen molar-refractivity contribution >= 4 is 39.2 Å². The standard InChI is InChI=1S/C22H25N3O3S2/c1-4-9-25-21(27)19-16-8-7-14(2)11-17(16)30-20(19)23-22(25)29-13-18(26)24(3)12-15-6-5-10-28-15/h4-6,10,14H,1,7-9,11-13H2,2-3H3. The second-order valence-electron chi connectivity index (χ2n) is 7.75. The van der Waals surface area contributed by atoms with E-state index < -0.39 is 0 Å². The van der Waals surface area contributed by atoms with Gasteiger partial charge in [-0.05, 0) is 42.9 Å². The fraction of sp³-hybridized carbons (Fsp3) is 0.409. The molecular weight excluding hydrogens is 418 g/mol. The zero-order chi connectivity index (χ0) is 21.3. The van der Waals surface area contributed by atoms with E-state index in [0.717, 1.165) is 35.2 Å². The number of nitrogens with zero attached hydrogens (tertiary/aromatic N) is 3. The molecule has 1 atom stereocenters. The van der Waals surface area contributed by atoms with Gasteiger partial charge in [0.25, 0.3) is 5.56 Å². The van der Waals surface area contributed by atoms with E-state index in [0.29, 0.717) is 24.2 Å². The van der Waals surface area contributed by atoms with Crippen LogP contribution in [0, 0.1) is 5.92 Å². The maximum Gasteiger partial charge on any atom is 0.263 e. The Bertz CT molecular complexity index is 1130. The van der Waals surface area contributed by atoms with Crippen LogP contribution in [0.25, 0.3) is 10.2 Å². The molecule has 1 unspecified atom stereocenters. The molecule has 3 aromatic rings.